The van der Waals surface area contributed by atoms with Crippen molar-refractivity contribution in [2.45, 2.75) is 6.42 Å². The molecule has 0 fully saturated rings. The molecule has 1 amide bonds. The number of hydrogen-bond donors (Lipinski definition) is 2. The minimum Gasteiger partial charge on any atom is -0.303 e. The number of nitrogen functional groups attached to an aromatic ring is 1. The Morgan fingerprint density at radius 3 is 2.76 bits per heavy atom. The standard InChI is InChI=1S/C15H13FN4O/c16-11-6-2-1-5-10(11)9-13-18-14(15(21)19-17)12-7-3-4-8-20(12)13/h1-8H,9,17H2,(H,19,21). The number of carbonyl (C=O) groups excluding carboxylic acids is 1. The second kappa shape index (κ2) is 5.34. The first-order chi connectivity index (χ1) is 10.2. The highest BCUT2D eigenvalue weighted by molar-refractivity contribution is 5.98. The average Bonchev–Trinajstić information content (AvgIpc) is 2.88. The molecule has 3 N–H and O–H groups in total. The first-order valence-electron chi connectivity index (χ1n) is 6.41. The third-order valence-corrected chi connectivity index (χ3v) is 3.27. The SMILES string of the molecule is NNC(=O)c1nc(Cc2ccccc2F)n2ccccc12. The van der Waals surface area contributed by atoms with E-state index in [9.17, 15) is 9.18 Å². The van der Waals surface area contributed by atoms with Crippen molar-refractivity contribution in [2.75, 3.05) is 0 Å². The summed E-state index contributed by atoms with van der Waals surface area (Å²) < 4.78 is 15.5. The van der Waals surface area contributed by atoms with Crippen LogP contribution in [-0.4, -0.2) is 15.3 Å². The summed E-state index contributed by atoms with van der Waals surface area (Å²) in [4.78, 5) is 16.1. The van der Waals surface area contributed by atoms with Crippen LogP contribution >= 0.6 is 0 Å². The minimum absolute atomic E-state index is 0.226. The zero-order valence-corrected chi connectivity index (χ0v) is 11.1. The van der Waals surface area contributed by atoms with Gasteiger partial charge in [-0.15, -0.1) is 0 Å². The zero-order valence-electron chi connectivity index (χ0n) is 11.1. The molecular formula is C15H13FN4O. The number of nitrogens with zero attached hydrogens (tertiary/aromatic N) is 2. The van der Waals surface area contributed by atoms with Crippen molar-refractivity contribution in [1.29, 1.82) is 0 Å². The number of hydrogen-bond acceptors (Lipinski definition) is 3. The molecule has 0 saturated heterocycles. The molecule has 2 aromatic heterocycles. The molecule has 3 aromatic rings. The number of aromatic nitrogens is 2. The van der Waals surface area contributed by atoms with Crippen LogP contribution in [0.3, 0.4) is 0 Å². The molecule has 106 valence electrons. The third-order valence-electron chi connectivity index (χ3n) is 3.27. The number of nitrogens with two attached hydrogens (primary N) is 1. The van der Waals surface area contributed by atoms with E-state index in [2.05, 4.69) is 10.4 Å². The van der Waals surface area contributed by atoms with Crippen LogP contribution in [0.25, 0.3) is 5.52 Å². The van der Waals surface area contributed by atoms with E-state index >= 15 is 0 Å². The van der Waals surface area contributed by atoms with Crippen LogP contribution in [0.2, 0.25) is 0 Å². The van der Waals surface area contributed by atoms with E-state index in [1.54, 1.807) is 40.9 Å². The van der Waals surface area contributed by atoms with E-state index in [1.807, 2.05) is 6.07 Å². The van der Waals surface area contributed by atoms with Gasteiger partial charge in [0.15, 0.2) is 5.69 Å². The summed E-state index contributed by atoms with van der Waals surface area (Å²) in [6, 6.07) is 11.9. The Morgan fingerprint density at radius 1 is 1.24 bits per heavy atom. The number of hydrazine groups is 1. The second-order valence-corrected chi connectivity index (χ2v) is 4.57. The summed E-state index contributed by atoms with van der Waals surface area (Å²) in [5.74, 6) is 4.98. The largest absolute Gasteiger partial charge is 0.303 e. The number of pyridine rings is 1. The molecule has 6 heteroatoms. The fourth-order valence-corrected chi connectivity index (χ4v) is 2.27. The molecule has 0 saturated carbocycles. The van der Waals surface area contributed by atoms with Gasteiger partial charge >= 0.3 is 0 Å². The zero-order chi connectivity index (χ0) is 14.8. The Bertz CT molecular complexity index is 812. The van der Waals surface area contributed by atoms with Gasteiger partial charge in [0, 0.05) is 12.6 Å². The van der Waals surface area contributed by atoms with Crippen molar-refractivity contribution in [3.63, 3.8) is 0 Å². The van der Waals surface area contributed by atoms with Gasteiger partial charge in [-0.25, -0.2) is 15.2 Å². The van der Waals surface area contributed by atoms with Crippen molar-refractivity contribution in [3.05, 3.63) is 71.6 Å². The van der Waals surface area contributed by atoms with Crippen LogP contribution in [0.15, 0.2) is 48.7 Å². The van der Waals surface area contributed by atoms with E-state index < -0.39 is 5.91 Å². The van der Waals surface area contributed by atoms with E-state index in [-0.39, 0.29) is 17.9 Å². The summed E-state index contributed by atoms with van der Waals surface area (Å²) in [6.45, 7) is 0. The quantitative estimate of drug-likeness (QED) is 0.436. The molecule has 0 atom stereocenters. The van der Waals surface area contributed by atoms with Crippen LogP contribution in [-0.2, 0) is 6.42 Å². The van der Waals surface area contributed by atoms with Crippen LogP contribution < -0.4 is 11.3 Å². The molecule has 3 rings (SSSR count). The molecule has 0 aliphatic carbocycles. The predicted octanol–water partition coefficient (Wildman–Crippen LogP) is 1.67. The Balaban J connectivity index is 2.11. The van der Waals surface area contributed by atoms with Crippen LogP contribution in [0.4, 0.5) is 4.39 Å². The summed E-state index contributed by atoms with van der Waals surface area (Å²) in [5, 5.41) is 0. The molecule has 2 heterocycles. The fourth-order valence-electron chi connectivity index (χ4n) is 2.27. The Kier molecular flexibility index (Phi) is 3.37. The van der Waals surface area contributed by atoms with Gasteiger partial charge in [-0.1, -0.05) is 24.3 Å². The lowest BCUT2D eigenvalue weighted by Crippen LogP contribution is -2.30. The highest BCUT2D eigenvalue weighted by atomic mass is 19.1. The number of rotatable bonds is 3. The molecule has 0 unspecified atom stereocenters. The minimum atomic E-state index is -0.474. The third kappa shape index (κ3) is 2.36. The van der Waals surface area contributed by atoms with Gasteiger partial charge in [-0.05, 0) is 23.8 Å². The lowest BCUT2D eigenvalue weighted by Gasteiger charge is -2.02. The van der Waals surface area contributed by atoms with Gasteiger partial charge in [0.2, 0.25) is 0 Å². The highest BCUT2D eigenvalue weighted by Gasteiger charge is 2.17. The predicted molar refractivity (Wildman–Crippen MR) is 76.1 cm³/mol. The molecule has 21 heavy (non-hydrogen) atoms. The first kappa shape index (κ1) is 13.3. The lowest BCUT2D eigenvalue weighted by atomic mass is 10.1. The van der Waals surface area contributed by atoms with Crippen LogP contribution in [0.1, 0.15) is 21.9 Å². The maximum atomic E-state index is 13.8. The van der Waals surface area contributed by atoms with E-state index in [0.717, 1.165) is 0 Å². The van der Waals surface area contributed by atoms with Crippen molar-refractivity contribution in [2.24, 2.45) is 5.84 Å². The van der Waals surface area contributed by atoms with Crippen molar-refractivity contribution >= 4 is 11.4 Å². The van der Waals surface area contributed by atoms with E-state index in [0.29, 0.717) is 16.9 Å². The summed E-state index contributed by atoms with van der Waals surface area (Å²) >= 11 is 0. The summed E-state index contributed by atoms with van der Waals surface area (Å²) in [6.07, 6.45) is 2.07. The van der Waals surface area contributed by atoms with Crippen LogP contribution in [0.5, 0.6) is 0 Å². The fraction of sp³-hybridized carbons (Fsp3) is 0.0667. The molecule has 0 spiro atoms. The normalized spacial score (nSPS) is 10.8. The second-order valence-electron chi connectivity index (χ2n) is 4.57. The van der Waals surface area contributed by atoms with Gasteiger partial charge in [0.25, 0.3) is 5.91 Å². The van der Waals surface area contributed by atoms with E-state index in [1.165, 1.54) is 6.07 Å². The molecule has 5 nitrogen and oxygen atoms in total. The summed E-state index contributed by atoms with van der Waals surface area (Å²) in [5.41, 5.74) is 3.45. The smallest absolute Gasteiger partial charge is 0.286 e. The van der Waals surface area contributed by atoms with Crippen molar-refractivity contribution < 1.29 is 9.18 Å². The molecular weight excluding hydrogens is 271 g/mol. The molecule has 0 aliphatic heterocycles. The van der Waals surface area contributed by atoms with E-state index in [4.69, 9.17) is 5.84 Å². The van der Waals surface area contributed by atoms with Gasteiger partial charge < -0.3 is 4.40 Å². The first-order valence-corrected chi connectivity index (χ1v) is 6.41. The van der Waals surface area contributed by atoms with Crippen molar-refractivity contribution in [1.82, 2.24) is 14.8 Å². The molecule has 1 aromatic carbocycles. The van der Waals surface area contributed by atoms with Crippen LogP contribution in [0, 0.1) is 5.82 Å². The molecule has 0 bridgehead atoms. The number of halogens is 1. The van der Waals surface area contributed by atoms with Gasteiger partial charge in [-0.3, -0.25) is 10.2 Å². The van der Waals surface area contributed by atoms with Gasteiger partial charge in [0.05, 0.1) is 5.52 Å². The Hall–Kier alpha value is -2.73. The number of fused-ring (bicyclic) bond motifs is 1. The summed E-state index contributed by atoms with van der Waals surface area (Å²) in [7, 11) is 0. The Labute approximate surface area is 120 Å². The highest BCUT2D eigenvalue weighted by Crippen LogP contribution is 2.17. The number of benzene rings is 1. The van der Waals surface area contributed by atoms with Crippen molar-refractivity contribution in [3.8, 4) is 0 Å². The Morgan fingerprint density at radius 2 is 2.00 bits per heavy atom. The topological polar surface area (TPSA) is 72.4 Å². The maximum Gasteiger partial charge on any atom is 0.286 e. The maximum absolute atomic E-state index is 13.8. The number of nitrogens with one attached hydrogen (secondary N) is 1. The molecule has 0 radical (unpaired) electrons. The van der Waals surface area contributed by atoms with Gasteiger partial charge in [-0.2, -0.15) is 0 Å². The average molecular weight is 284 g/mol. The number of carbonyl (C=O) groups is 1. The molecule has 0 aliphatic rings. The monoisotopic (exact) mass is 284 g/mol. The lowest BCUT2D eigenvalue weighted by molar-refractivity contribution is 0.0950. The number of amides is 1. The van der Waals surface area contributed by atoms with Gasteiger partial charge in [0.1, 0.15) is 11.6 Å². The number of imidazole rings is 1.